The number of carbonyl (C=O) groups excluding carboxylic acids is 17. The zero-order chi connectivity index (χ0) is 99.3. The second-order valence-corrected chi connectivity index (χ2v) is 35.1. The number of hydrogen-bond acceptors (Lipinski definition) is 24. The van der Waals surface area contributed by atoms with Gasteiger partial charge >= 0.3 is 11.9 Å². The number of imidazole rings is 1. The van der Waals surface area contributed by atoms with E-state index in [0.29, 0.717) is 69.5 Å². The van der Waals surface area contributed by atoms with E-state index in [1.165, 1.54) is 64.9 Å². The number of aliphatic hydroxyl groups is 1. The van der Waals surface area contributed by atoms with Crippen LogP contribution in [-0.4, -0.2) is 327 Å². The van der Waals surface area contributed by atoms with Gasteiger partial charge in [0.15, 0.2) is 0 Å². The van der Waals surface area contributed by atoms with Crippen LogP contribution in [0.1, 0.15) is 139 Å². The average molecular weight is 1910 g/mol. The third-order valence-corrected chi connectivity index (χ3v) is 25.2. The van der Waals surface area contributed by atoms with Crippen LogP contribution in [-0.2, 0) is 117 Å². The maximum absolute atomic E-state index is 15.8. The Hall–Kier alpha value is -14.1. The van der Waals surface area contributed by atoms with Gasteiger partial charge in [-0.1, -0.05) is 88.1 Å². The molecule has 0 bridgehead atoms. The number of unbranched alkanes of at least 4 members (excludes halogenated alkanes) is 2. The van der Waals surface area contributed by atoms with Crippen LogP contribution in [0, 0.1) is 0 Å². The molecule has 0 spiro atoms. The summed E-state index contributed by atoms with van der Waals surface area (Å²) < 4.78 is 0. The summed E-state index contributed by atoms with van der Waals surface area (Å²) in [5.74, 6) is -21.4. The largest absolute Gasteiger partial charge is 0.508 e. The number of aromatic nitrogens is 4. The third-order valence-electron chi connectivity index (χ3n) is 24.2. The minimum atomic E-state index is -1.85. The number of carboxylic acid groups (broad SMARTS) is 2. The average Bonchev–Trinajstić information content (AvgIpc) is 1.64. The van der Waals surface area contributed by atoms with E-state index in [2.05, 4.69) is 73.1 Å². The number of phenolic OH excluding ortho intramolecular Hbond substituents is 1. The number of nitrogens with zero attached hydrogens (tertiary/aromatic N) is 6. The number of amides is 17. The van der Waals surface area contributed by atoms with Gasteiger partial charge in [0.05, 0.1) is 36.8 Å². The van der Waals surface area contributed by atoms with E-state index in [9.17, 15) is 73.2 Å². The van der Waals surface area contributed by atoms with Gasteiger partial charge in [0.2, 0.25) is 100 Å². The van der Waals surface area contributed by atoms with Gasteiger partial charge in [0.25, 0.3) is 0 Å². The Labute approximate surface area is 786 Å². The molecule has 23 N–H and O–H groups in total. The van der Waals surface area contributed by atoms with Crippen molar-refractivity contribution in [2.45, 2.75) is 233 Å². The topological polar surface area (TPSA) is 680 Å². The smallest absolute Gasteiger partial charge is 0.303 e. The summed E-state index contributed by atoms with van der Waals surface area (Å²) in [7, 11) is 3.79. The number of nitrogens with two attached hydrogens (primary N) is 3. The van der Waals surface area contributed by atoms with E-state index < -0.39 is 273 Å². The van der Waals surface area contributed by atoms with E-state index in [-0.39, 0.29) is 82.3 Å². The van der Waals surface area contributed by atoms with Gasteiger partial charge in [0.1, 0.15) is 90.3 Å². The summed E-state index contributed by atoms with van der Waals surface area (Å²) in [4.78, 5) is 293. The molecule has 3 fully saturated rings. The number of carboxylic acids is 2. The van der Waals surface area contributed by atoms with Gasteiger partial charge in [-0.25, -0.2) is 4.98 Å². The molecule has 6 heterocycles. The highest BCUT2D eigenvalue weighted by atomic mass is 32.2. The molecule has 0 aliphatic carbocycles. The second kappa shape index (κ2) is 50.3. The summed E-state index contributed by atoms with van der Waals surface area (Å²) in [6.07, 6.45) is -0.127. The first-order valence-corrected chi connectivity index (χ1v) is 46.2. The van der Waals surface area contributed by atoms with E-state index in [1.54, 1.807) is 67.8 Å². The molecule has 136 heavy (non-hydrogen) atoms. The Kier molecular flexibility index (Phi) is 39.1. The number of likely N-dealkylation sites (N-methyl/N-ethyl adjacent to an activating group) is 3. The highest BCUT2D eigenvalue weighted by Gasteiger charge is 2.47. The highest BCUT2D eigenvalue weighted by Crippen LogP contribution is 2.28. The summed E-state index contributed by atoms with van der Waals surface area (Å²) in [6.45, 7) is 3.02. The van der Waals surface area contributed by atoms with Crippen LogP contribution in [0.5, 0.6) is 5.75 Å². The van der Waals surface area contributed by atoms with Gasteiger partial charge in [0, 0.05) is 125 Å². The van der Waals surface area contributed by atoms with E-state index >= 15 is 38.4 Å². The second-order valence-electron chi connectivity index (χ2n) is 34.1. The molecule has 3 aliphatic rings. The lowest BCUT2D eigenvalue weighted by Gasteiger charge is -2.36. The maximum atomic E-state index is 15.8. The molecule has 9 rings (SSSR count). The Morgan fingerprint density at radius 3 is 1.61 bits per heavy atom. The first-order chi connectivity index (χ1) is 64.8. The van der Waals surface area contributed by atoms with Crippen molar-refractivity contribution in [1.29, 1.82) is 0 Å². The SMILES string of the molecule is CCCC[C@H]1C(=O)N(C)[C@@H](CCCC)C(=O)N[C@@H](CCC(=O)O)C(=O)N[C@H](C(=O)NCC(N)=O)CSCC(=O)NC(Cc2ccc(O)cc2)C(=O)N(C)[C@@H](C)C(=O)N[C@@H](CC(N)=O)C(=O)N2CCC[C@H]2C(=O)N[C@@H](Cc2c[nH]cn2)C(=O)N[C@@H](CCC(=O)O)C(=O)N2C[C@H](O)C[C@H]2C(=O)N[C@@H](Cc2c[nH]c3ccccc23)C(=O)N[C@@H](CCN)C(=O)N[C@@H](Cc2c[nH]c3ccccc23)C(=O)N1C. The molecule has 0 radical (unpaired) electrons. The predicted octanol–water partition coefficient (Wildman–Crippen LogP) is -3.15. The minimum Gasteiger partial charge on any atom is -0.508 e. The maximum Gasteiger partial charge on any atom is 0.303 e. The number of hydrogen-bond donors (Lipinski definition) is 20. The molecule has 15 atom stereocenters. The van der Waals surface area contributed by atoms with E-state index in [1.807, 2.05) is 6.92 Å². The first-order valence-electron chi connectivity index (χ1n) is 45.0. The Bertz CT molecular complexity index is 5300. The lowest BCUT2D eigenvalue weighted by molar-refractivity contribution is -0.149. The van der Waals surface area contributed by atoms with Crippen LogP contribution in [0.25, 0.3) is 21.8 Å². The number of phenols is 1. The molecular weight excluding hydrogens is 1790 g/mol. The van der Waals surface area contributed by atoms with Gasteiger partial charge in [-0.2, -0.15) is 0 Å². The fourth-order valence-electron chi connectivity index (χ4n) is 16.6. The minimum absolute atomic E-state index is 0.0422. The molecular formula is C90H122N22O23S. The molecule has 3 aliphatic heterocycles. The van der Waals surface area contributed by atoms with Crippen molar-refractivity contribution in [2.24, 2.45) is 17.2 Å². The van der Waals surface area contributed by atoms with Crippen LogP contribution in [0.4, 0.5) is 0 Å². The highest BCUT2D eigenvalue weighted by molar-refractivity contribution is 8.00. The molecule has 0 saturated carbocycles. The number of H-pyrrole nitrogens is 3. The number of benzene rings is 3. The lowest BCUT2D eigenvalue weighted by atomic mass is 9.99. The number of primary amides is 2. The monoisotopic (exact) mass is 1910 g/mol. The number of nitrogens with one attached hydrogen (secondary N) is 13. The van der Waals surface area contributed by atoms with Crippen LogP contribution in [0.3, 0.4) is 0 Å². The van der Waals surface area contributed by atoms with Crippen molar-refractivity contribution in [3.8, 4) is 5.75 Å². The van der Waals surface area contributed by atoms with Crippen molar-refractivity contribution in [1.82, 2.24) is 97.6 Å². The Balaban J connectivity index is 1.11. The van der Waals surface area contributed by atoms with Crippen LogP contribution < -0.4 is 70.4 Å². The van der Waals surface area contributed by atoms with Crippen molar-refractivity contribution < 1.29 is 112 Å². The zero-order valence-corrected chi connectivity index (χ0v) is 77.3. The summed E-state index contributed by atoms with van der Waals surface area (Å²) in [5.41, 5.74) is 20.0. The van der Waals surface area contributed by atoms with Crippen LogP contribution >= 0.6 is 11.8 Å². The number of para-hydroxylation sites is 2. The molecule has 3 aromatic carbocycles. The quantitative estimate of drug-likeness (QED) is 0.0242. The molecule has 3 saturated heterocycles. The fraction of sp³-hybridized carbons (Fsp3) is 0.511. The molecule has 736 valence electrons. The number of aromatic amines is 3. The van der Waals surface area contributed by atoms with E-state index in [0.717, 1.165) is 24.5 Å². The molecule has 3 aromatic heterocycles. The number of rotatable bonds is 27. The van der Waals surface area contributed by atoms with Gasteiger partial charge in [-0.3, -0.25) is 91.1 Å². The normalized spacial score (nSPS) is 24.6. The number of aliphatic carboxylic acids is 2. The van der Waals surface area contributed by atoms with Crippen molar-refractivity contribution >= 4 is 146 Å². The van der Waals surface area contributed by atoms with Gasteiger partial charge < -0.3 is 130 Å². The summed E-state index contributed by atoms with van der Waals surface area (Å²) in [6, 6.07) is -3.54. The standard InChI is InChI=1S/C90H122N22O23S/c1-7-9-20-68-83(128)101-59(27-29-75(118)119)79(124)107-67(78(123)97-43-73(93)116)45-136-46-74(117)99-64(34-49-23-25-53(113)26-24-49)86(131)108(4)48(3)77(122)105-66(39-72(92)115)89(134)111-33-15-22-69(111)84(129)104-63(37-52-42-94-47-98-52)82(127)102-61(28-30-76(120)121)88(133)112-44-54(114)38-71(112)85(130)103-62(35-50-40-95-57-18-13-11-16-55(50)57)81(126)100-60(31-32-91)80(125)106-65(36-51-41-96-58-19-14-12-17-56(51)58)87(132)110(6)70(21-10-8-2)90(135)109(68)5/h11-14,16-19,23-26,40-42,47-48,54,59-71,95-96,113-114H,7-10,15,20-22,27-39,43-46,91H2,1-6H3,(H2,92,115)(H2,93,116)(H,94,98)(H,97,123)(H,99,117)(H,100,126)(H,101,128)(H,102,127)(H,103,130)(H,104,129)(H,105,122)(H,106,125)(H,107,124)(H,118,119)(H,120,121)/t48-,54+,59-,60-,61-,62-,63-,64?,65-,66-,67-,68-,69-,70-,71-/m0/s1. The van der Waals surface area contributed by atoms with Crippen LogP contribution in [0.15, 0.2) is 97.7 Å². The van der Waals surface area contributed by atoms with Gasteiger partial charge in [-0.05, 0) is 99.4 Å². The predicted molar refractivity (Wildman–Crippen MR) is 491 cm³/mol. The summed E-state index contributed by atoms with van der Waals surface area (Å²) >= 11 is 0.698. The summed E-state index contributed by atoms with van der Waals surface area (Å²) in [5, 5.41) is 68.9. The number of aliphatic hydroxyl groups excluding tert-OH is 1. The first kappa shape index (κ1) is 106. The fourth-order valence-corrected chi connectivity index (χ4v) is 17.5. The number of thioether (sulfide) groups is 1. The molecule has 46 heteroatoms. The lowest BCUT2D eigenvalue weighted by Crippen LogP contribution is -2.61. The Morgan fingerprint density at radius 2 is 1.02 bits per heavy atom. The Morgan fingerprint density at radius 1 is 0.515 bits per heavy atom. The van der Waals surface area contributed by atoms with Gasteiger partial charge in [-0.15, -0.1) is 11.8 Å². The molecule has 17 amide bonds. The third kappa shape index (κ3) is 29.2. The number of carbonyl (C=O) groups is 19. The van der Waals surface area contributed by atoms with E-state index in [4.69, 9.17) is 17.2 Å². The van der Waals surface area contributed by atoms with Crippen molar-refractivity contribution in [3.05, 3.63) is 120 Å². The van der Waals surface area contributed by atoms with Crippen LogP contribution in [0.2, 0.25) is 0 Å². The zero-order valence-electron chi connectivity index (χ0n) is 76.4. The molecule has 6 aromatic rings. The van der Waals surface area contributed by atoms with Crippen molar-refractivity contribution in [3.63, 3.8) is 0 Å². The molecule has 1 unspecified atom stereocenters. The molecule has 45 nitrogen and oxygen atoms in total. The number of fused-ring (bicyclic) bond motifs is 4. The van der Waals surface area contributed by atoms with Crippen molar-refractivity contribution in [2.75, 3.05) is 58.8 Å². The number of aromatic hydroxyl groups is 1.